The number of hydrogen-bond acceptors (Lipinski definition) is 6. The average molecular weight is 349 g/mol. The number of aliphatic hydroxyl groups is 1. The first kappa shape index (κ1) is 17.8. The lowest BCUT2D eigenvalue weighted by atomic mass is 10.1. The first-order valence-corrected chi connectivity index (χ1v) is 7.20. The first-order valence-electron chi connectivity index (χ1n) is 7.20. The number of halogens is 2. The Kier molecular flexibility index (Phi) is 5.49. The second-order valence-corrected chi connectivity index (χ2v) is 5.37. The molecule has 1 aliphatic heterocycles. The second kappa shape index (κ2) is 7.38. The molecule has 0 radical (unpaired) electrons. The highest BCUT2D eigenvalue weighted by Crippen LogP contribution is 2.30. The predicted molar refractivity (Wildman–Crippen MR) is 77.3 cm³/mol. The number of anilines is 1. The van der Waals surface area contributed by atoms with Crippen molar-refractivity contribution in [2.75, 3.05) is 18.0 Å². The lowest BCUT2D eigenvalue weighted by molar-refractivity contribution is -0.384. The van der Waals surface area contributed by atoms with Crippen LogP contribution in [-0.4, -0.2) is 62.7 Å². The Morgan fingerprint density at radius 3 is 2.75 bits per heavy atom. The van der Waals surface area contributed by atoms with Crippen LogP contribution in [0.15, 0.2) is 6.20 Å². The van der Waals surface area contributed by atoms with Gasteiger partial charge in [0.2, 0.25) is 5.82 Å². The van der Waals surface area contributed by atoms with E-state index in [0.717, 1.165) is 10.9 Å². The number of amides is 1. The quantitative estimate of drug-likeness (QED) is 0.525. The van der Waals surface area contributed by atoms with Gasteiger partial charge in [-0.05, 0) is 12.8 Å². The standard InChI is InChI=1S/C12H17F2N5O5/c13-10(14)6-18-11(8(5-15-18)19(23)24)17-3-1-7(16-12(21)22)9(20)2-4-17/h5,7,9-10,16,20H,1-4,6H2,(H,21,22). The Morgan fingerprint density at radius 2 is 2.17 bits per heavy atom. The van der Waals surface area contributed by atoms with Crippen molar-refractivity contribution < 1.29 is 28.7 Å². The van der Waals surface area contributed by atoms with Crippen LogP contribution in [0.5, 0.6) is 0 Å². The van der Waals surface area contributed by atoms with Crippen molar-refractivity contribution in [2.45, 2.75) is 38.0 Å². The number of alkyl halides is 2. The molecule has 1 amide bonds. The maximum atomic E-state index is 12.7. The first-order chi connectivity index (χ1) is 11.3. The molecule has 24 heavy (non-hydrogen) atoms. The fraction of sp³-hybridized carbons (Fsp3) is 0.667. The fourth-order valence-corrected chi connectivity index (χ4v) is 2.71. The summed E-state index contributed by atoms with van der Waals surface area (Å²) < 4.78 is 26.2. The summed E-state index contributed by atoms with van der Waals surface area (Å²) in [7, 11) is 0. The van der Waals surface area contributed by atoms with Crippen molar-refractivity contribution in [2.24, 2.45) is 0 Å². The number of rotatable bonds is 5. The summed E-state index contributed by atoms with van der Waals surface area (Å²) in [6, 6.07) is -0.738. The van der Waals surface area contributed by atoms with Crippen molar-refractivity contribution in [3.05, 3.63) is 16.3 Å². The van der Waals surface area contributed by atoms with E-state index in [0.29, 0.717) is 0 Å². The van der Waals surface area contributed by atoms with Gasteiger partial charge in [-0.2, -0.15) is 5.10 Å². The molecule has 0 saturated carbocycles. The van der Waals surface area contributed by atoms with E-state index in [4.69, 9.17) is 5.11 Å². The molecule has 134 valence electrons. The van der Waals surface area contributed by atoms with Gasteiger partial charge in [0.05, 0.1) is 17.1 Å². The van der Waals surface area contributed by atoms with Crippen molar-refractivity contribution in [1.29, 1.82) is 0 Å². The number of hydrogen-bond donors (Lipinski definition) is 3. The zero-order chi connectivity index (χ0) is 17.9. The largest absolute Gasteiger partial charge is 0.465 e. The van der Waals surface area contributed by atoms with E-state index >= 15 is 0 Å². The van der Waals surface area contributed by atoms with Crippen LogP contribution in [0.1, 0.15) is 12.8 Å². The van der Waals surface area contributed by atoms with Gasteiger partial charge in [-0.1, -0.05) is 0 Å². The average Bonchev–Trinajstić information content (AvgIpc) is 2.80. The number of carboxylic acid groups (broad SMARTS) is 1. The molecule has 1 fully saturated rings. The molecule has 12 heteroatoms. The number of nitro groups is 1. The number of aromatic nitrogens is 2. The van der Waals surface area contributed by atoms with E-state index in [1.807, 2.05) is 0 Å². The molecular formula is C12H17F2N5O5. The summed E-state index contributed by atoms with van der Waals surface area (Å²) in [4.78, 5) is 22.6. The molecule has 3 N–H and O–H groups in total. The molecule has 0 aliphatic carbocycles. The summed E-state index contributed by atoms with van der Waals surface area (Å²) >= 11 is 0. The Labute approximate surface area is 134 Å². The minimum atomic E-state index is -2.73. The zero-order valence-electron chi connectivity index (χ0n) is 12.5. The molecule has 0 spiro atoms. The predicted octanol–water partition coefficient (Wildman–Crippen LogP) is 0.654. The van der Waals surface area contributed by atoms with Crippen LogP contribution in [0.2, 0.25) is 0 Å². The van der Waals surface area contributed by atoms with Gasteiger partial charge in [0.25, 0.3) is 6.43 Å². The van der Waals surface area contributed by atoms with Gasteiger partial charge in [0, 0.05) is 13.1 Å². The van der Waals surface area contributed by atoms with Crippen molar-refractivity contribution in [3.63, 3.8) is 0 Å². The smallest absolute Gasteiger partial charge is 0.404 e. The summed E-state index contributed by atoms with van der Waals surface area (Å²) in [5.41, 5.74) is -0.408. The van der Waals surface area contributed by atoms with Crippen molar-refractivity contribution >= 4 is 17.6 Å². The lowest BCUT2D eigenvalue weighted by Gasteiger charge is -2.22. The van der Waals surface area contributed by atoms with E-state index in [2.05, 4.69) is 10.4 Å². The summed E-state index contributed by atoms with van der Waals surface area (Å²) in [5.74, 6) is -0.0662. The Balaban J connectivity index is 2.25. The van der Waals surface area contributed by atoms with E-state index in [1.54, 1.807) is 0 Å². The van der Waals surface area contributed by atoms with E-state index in [-0.39, 0.29) is 31.7 Å². The third-order valence-electron chi connectivity index (χ3n) is 3.78. The molecule has 1 aromatic rings. The van der Waals surface area contributed by atoms with E-state index < -0.39 is 41.8 Å². The van der Waals surface area contributed by atoms with Crippen LogP contribution in [0, 0.1) is 10.1 Å². The summed E-state index contributed by atoms with van der Waals surface area (Å²) in [6.45, 7) is -0.494. The van der Waals surface area contributed by atoms with Gasteiger partial charge in [-0.3, -0.25) is 10.1 Å². The van der Waals surface area contributed by atoms with E-state index in [1.165, 1.54) is 4.90 Å². The molecule has 2 atom stereocenters. The monoisotopic (exact) mass is 349 g/mol. The highest BCUT2D eigenvalue weighted by atomic mass is 19.3. The minimum absolute atomic E-state index is 0.0662. The molecule has 0 bridgehead atoms. The van der Waals surface area contributed by atoms with Gasteiger partial charge in [0.1, 0.15) is 12.7 Å². The Hall–Kier alpha value is -2.50. The van der Waals surface area contributed by atoms with Crippen LogP contribution in [0.4, 0.5) is 25.1 Å². The highest BCUT2D eigenvalue weighted by molar-refractivity contribution is 5.65. The van der Waals surface area contributed by atoms with Gasteiger partial charge < -0.3 is 20.4 Å². The molecule has 1 aliphatic rings. The zero-order valence-corrected chi connectivity index (χ0v) is 12.5. The number of nitrogens with zero attached hydrogens (tertiary/aromatic N) is 4. The van der Waals surface area contributed by atoms with Crippen LogP contribution in [0.25, 0.3) is 0 Å². The SMILES string of the molecule is O=C(O)NC1CCN(c2c([N+](=O)[O-])cnn2CC(F)F)CCC1O. The molecule has 10 nitrogen and oxygen atoms in total. The highest BCUT2D eigenvalue weighted by Gasteiger charge is 2.32. The number of nitrogens with one attached hydrogen (secondary N) is 1. The van der Waals surface area contributed by atoms with Crippen molar-refractivity contribution in [1.82, 2.24) is 15.1 Å². The van der Waals surface area contributed by atoms with Crippen LogP contribution >= 0.6 is 0 Å². The van der Waals surface area contributed by atoms with Gasteiger partial charge in [-0.15, -0.1) is 0 Å². The normalized spacial score (nSPS) is 21.6. The van der Waals surface area contributed by atoms with Gasteiger partial charge in [0.15, 0.2) is 0 Å². The molecule has 2 unspecified atom stereocenters. The van der Waals surface area contributed by atoms with Crippen LogP contribution in [-0.2, 0) is 6.54 Å². The van der Waals surface area contributed by atoms with Crippen LogP contribution in [0.3, 0.4) is 0 Å². The molecule has 1 saturated heterocycles. The number of carbonyl (C=O) groups is 1. The van der Waals surface area contributed by atoms with Gasteiger partial charge in [-0.25, -0.2) is 18.3 Å². The summed E-state index contributed by atoms with van der Waals surface area (Å²) in [6.07, 6.45) is -3.79. The maximum absolute atomic E-state index is 12.7. The maximum Gasteiger partial charge on any atom is 0.404 e. The van der Waals surface area contributed by atoms with E-state index in [9.17, 15) is 28.8 Å². The molecule has 2 rings (SSSR count). The fourth-order valence-electron chi connectivity index (χ4n) is 2.71. The summed E-state index contributed by atoms with van der Waals surface area (Å²) in [5, 5.41) is 35.7. The number of aliphatic hydroxyl groups excluding tert-OH is 1. The molecule has 0 aromatic carbocycles. The van der Waals surface area contributed by atoms with Crippen molar-refractivity contribution in [3.8, 4) is 0 Å². The third kappa shape index (κ3) is 4.07. The Morgan fingerprint density at radius 1 is 1.50 bits per heavy atom. The topological polar surface area (TPSA) is 134 Å². The van der Waals surface area contributed by atoms with Crippen LogP contribution < -0.4 is 10.2 Å². The Bertz CT molecular complexity index is 611. The van der Waals surface area contributed by atoms with Gasteiger partial charge >= 0.3 is 11.8 Å². The lowest BCUT2D eigenvalue weighted by Crippen LogP contribution is -2.42. The third-order valence-corrected chi connectivity index (χ3v) is 3.78. The molecule has 1 aromatic heterocycles. The minimum Gasteiger partial charge on any atom is -0.465 e. The molecule has 2 heterocycles. The second-order valence-electron chi connectivity index (χ2n) is 5.37. The molecular weight excluding hydrogens is 332 g/mol.